The average Bonchev–Trinajstić information content (AvgIpc) is 2.71. The third-order valence-corrected chi connectivity index (χ3v) is 5.96. The first-order valence-corrected chi connectivity index (χ1v) is 12.6. The molecule has 1 aliphatic heterocycles. The minimum atomic E-state index is -2.97. The molecule has 0 spiro atoms. The van der Waals surface area contributed by atoms with E-state index in [2.05, 4.69) is 64.3 Å². The van der Waals surface area contributed by atoms with E-state index in [1.165, 1.54) is 11.8 Å². The van der Waals surface area contributed by atoms with Gasteiger partial charge in [-0.3, -0.25) is 9.89 Å². The van der Waals surface area contributed by atoms with E-state index in [1.54, 1.807) is 0 Å². The zero-order valence-electron chi connectivity index (χ0n) is 18.4. The van der Waals surface area contributed by atoms with Crippen LogP contribution in [0.4, 0.5) is 0 Å². The third kappa shape index (κ3) is 9.49. The first-order valence-electron chi connectivity index (χ1n) is 10.5. The molecule has 1 aliphatic rings. The Morgan fingerprint density at radius 1 is 1.13 bits per heavy atom. The van der Waals surface area contributed by atoms with Gasteiger partial charge in [0.15, 0.2) is 5.96 Å². The van der Waals surface area contributed by atoms with Crippen molar-refractivity contribution in [1.82, 2.24) is 15.1 Å². The van der Waals surface area contributed by atoms with Crippen LogP contribution in [-0.2, 0) is 14.6 Å². The highest BCUT2D eigenvalue weighted by molar-refractivity contribution is 14.0. The number of sulfone groups is 1. The average molecular weight is 553 g/mol. The van der Waals surface area contributed by atoms with Gasteiger partial charge >= 0.3 is 0 Å². The minimum Gasteiger partial charge on any atom is -0.378 e. The first-order chi connectivity index (χ1) is 13.9. The molecule has 1 saturated heterocycles. The molecule has 1 atom stereocenters. The molecule has 0 bridgehead atoms. The monoisotopic (exact) mass is 552 g/mol. The second-order valence-electron chi connectivity index (χ2n) is 7.34. The summed E-state index contributed by atoms with van der Waals surface area (Å²) in [5.41, 5.74) is 1.38. The molecule has 0 saturated carbocycles. The van der Waals surface area contributed by atoms with Gasteiger partial charge in [0.1, 0.15) is 9.84 Å². The van der Waals surface area contributed by atoms with E-state index in [-0.39, 0.29) is 36.3 Å². The van der Waals surface area contributed by atoms with Crippen molar-refractivity contribution in [3.8, 4) is 0 Å². The summed E-state index contributed by atoms with van der Waals surface area (Å²) in [6.45, 7) is 10.2. The number of benzene rings is 1. The SMILES string of the molecule is CCNC(=NCCOCCS(C)(=O)=O)N1CCN(C(CC)c2ccccc2)CC1.I. The molecule has 1 N–H and O–H groups in total. The number of ether oxygens (including phenoxy) is 1. The first kappa shape index (κ1) is 27.1. The van der Waals surface area contributed by atoms with Crippen LogP contribution in [-0.4, -0.2) is 88.7 Å². The van der Waals surface area contributed by atoms with E-state index in [0.29, 0.717) is 19.2 Å². The Hall–Kier alpha value is -0.910. The number of rotatable bonds is 10. The summed E-state index contributed by atoms with van der Waals surface area (Å²) in [5.74, 6) is 0.963. The maximum absolute atomic E-state index is 11.1. The van der Waals surface area contributed by atoms with Crippen LogP contribution in [0.5, 0.6) is 0 Å². The number of guanidine groups is 1. The van der Waals surface area contributed by atoms with E-state index in [0.717, 1.165) is 45.1 Å². The van der Waals surface area contributed by atoms with Crippen LogP contribution < -0.4 is 5.32 Å². The zero-order valence-corrected chi connectivity index (χ0v) is 21.6. The van der Waals surface area contributed by atoms with Crippen molar-refractivity contribution in [2.24, 2.45) is 4.99 Å². The van der Waals surface area contributed by atoms with Gasteiger partial charge in [-0.25, -0.2) is 8.42 Å². The molecule has 172 valence electrons. The second-order valence-corrected chi connectivity index (χ2v) is 9.60. The third-order valence-electron chi connectivity index (χ3n) is 5.06. The lowest BCUT2D eigenvalue weighted by Gasteiger charge is -2.40. The van der Waals surface area contributed by atoms with Crippen LogP contribution in [0.2, 0.25) is 0 Å². The number of nitrogens with one attached hydrogen (secondary N) is 1. The van der Waals surface area contributed by atoms with Gasteiger partial charge in [-0.2, -0.15) is 0 Å². The molecule has 0 radical (unpaired) electrons. The zero-order chi connectivity index (χ0) is 21.1. The molecule has 2 rings (SSSR count). The van der Waals surface area contributed by atoms with Crippen molar-refractivity contribution in [2.45, 2.75) is 26.3 Å². The molecule has 9 heteroatoms. The van der Waals surface area contributed by atoms with Crippen LogP contribution in [0, 0.1) is 0 Å². The van der Waals surface area contributed by atoms with Crippen LogP contribution in [0.3, 0.4) is 0 Å². The van der Waals surface area contributed by atoms with E-state index in [1.807, 2.05) is 0 Å². The fourth-order valence-electron chi connectivity index (χ4n) is 3.58. The lowest BCUT2D eigenvalue weighted by atomic mass is 10.0. The number of hydrogen-bond donors (Lipinski definition) is 1. The molecule has 1 aromatic carbocycles. The molecule has 0 amide bonds. The summed E-state index contributed by atoms with van der Waals surface area (Å²) in [6, 6.07) is 11.2. The number of nitrogens with zero attached hydrogens (tertiary/aromatic N) is 3. The summed E-state index contributed by atoms with van der Waals surface area (Å²) < 4.78 is 27.6. The van der Waals surface area contributed by atoms with E-state index in [9.17, 15) is 8.42 Å². The topological polar surface area (TPSA) is 74.2 Å². The highest BCUT2D eigenvalue weighted by Gasteiger charge is 2.25. The molecular formula is C21H37IN4O3S. The maximum Gasteiger partial charge on any atom is 0.194 e. The van der Waals surface area contributed by atoms with Crippen LogP contribution >= 0.6 is 24.0 Å². The molecule has 1 heterocycles. The summed E-state index contributed by atoms with van der Waals surface area (Å²) in [4.78, 5) is 9.52. The molecular weight excluding hydrogens is 515 g/mol. The predicted molar refractivity (Wildman–Crippen MR) is 135 cm³/mol. The van der Waals surface area contributed by atoms with Gasteiger partial charge in [-0.05, 0) is 18.9 Å². The Bertz CT molecular complexity index is 723. The summed E-state index contributed by atoms with van der Waals surface area (Å²) in [6.07, 6.45) is 2.32. The summed E-state index contributed by atoms with van der Waals surface area (Å²) >= 11 is 0. The van der Waals surface area contributed by atoms with E-state index in [4.69, 9.17) is 4.74 Å². The van der Waals surface area contributed by atoms with Crippen molar-refractivity contribution in [1.29, 1.82) is 0 Å². The fourth-order valence-corrected chi connectivity index (χ4v) is 4.00. The van der Waals surface area contributed by atoms with E-state index >= 15 is 0 Å². The standard InChI is InChI=1S/C21H36N4O3S.HI/c1-4-20(19-9-7-6-8-10-19)24-12-14-25(15-13-24)21(22-5-2)23-11-16-28-17-18-29(3,26)27;/h6-10,20H,4-5,11-18H2,1-3H3,(H,22,23);1H. The summed E-state index contributed by atoms with van der Waals surface area (Å²) in [5, 5.41) is 3.36. The normalized spacial score (nSPS) is 16.8. The fraction of sp³-hybridized carbons (Fsp3) is 0.667. The highest BCUT2D eigenvalue weighted by atomic mass is 127. The molecule has 0 aliphatic carbocycles. The molecule has 1 fully saturated rings. The van der Waals surface area contributed by atoms with Crippen LogP contribution in [0.25, 0.3) is 0 Å². The Kier molecular flexibility index (Phi) is 12.8. The Labute approximate surface area is 199 Å². The van der Waals surface area contributed by atoms with Gasteiger partial charge in [0.25, 0.3) is 0 Å². The van der Waals surface area contributed by atoms with Crippen LogP contribution in [0.15, 0.2) is 35.3 Å². The Morgan fingerprint density at radius 3 is 2.37 bits per heavy atom. The van der Waals surface area contributed by atoms with Gasteiger partial charge in [0.05, 0.1) is 25.5 Å². The quantitative estimate of drug-likeness (QED) is 0.208. The maximum atomic E-state index is 11.1. The smallest absolute Gasteiger partial charge is 0.194 e. The van der Waals surface area contributed by atoms with E-state index < -0.39 is 9.84 Å². The largest absolute Gasteiger partial charge is 0.378 e. The molecule has 1 aromatic rings. The van der Waals surface area contributed by atoms with Crippen molar-refractivity contribution in [3.05, 3.63) is 35.9 Å². The highest BCUT2D eigenvalue weighted by Crippen LogP contribution is 2.25. The van der Waals surface area contributed by atoms with Gasteiger partial charge in [0.2, 0.25) is 0 Å². The molecule has 30 heavy (non-hydrogen) atoms. The molecule has 0 aromatic heterocycles. The number of aliphatic imine (C=N–C) groups is 1. The lowest BCUT2D eigenvalue weighted by Crippen LogP contribution is -2.53. The number of hydrogen-bond acceptors (Lipinski definition) is 5. The molecule has 7 nitrogen and oxygen atoms in total. The predicted octanol–water partition coefficient (Wildman–Crippen LogP) is 2.40. The van der Waals surface area contributed by atoms with Gasteiger partial charge < -0.3 is 15.0 Å². The van der Waals surface area contributed by atoms with Gasteiger partial charge in [-0.1, -0.05) is 37.3 Å². The molecule has 1 unspecified atom stereocenters. The Balaban J connectivity index is 0.00000450. The summed E-state index contributed by atoms with van der Waals surface area (Å²) in [7, 11) is -2.97. The lowest BCUT2D eigenvalue weighted by molar-refractivity contribution is 0.126. The van der Waals surface area contributed by atoms with Crippen LogP contribution in [0.1, 0.15) is 31.9 Å². The van der Waals surface area contributed by atoms with Crippen molar-refractivity contribution >= 4 is 39.8 Å². The van der Waals surface area contributed by atoms with Gasteiger partial charge in [-0.15, -0.1) is 24.0 Å². The van der Waals surface area contributed by atoms with Crippen molar-refractivity contribution in [3.63, 3.8) is 0 Å². The van der Waals surface area contributed by atoms with Crippen molar-refractivity contribution < 1.29 is 13.2 Å². The van der Waals surface area contributed by atoms with Crippen molar-refractivity contribution in [2.75, 3.05) is 64.5 Å². The Morgan fingerprint density at radius 2 is 1.80 bits per heavy atom. The number of halogens is 1. The second kappa shape index (κ2) is 14.2. The van der Waals surface area contributed by atoms with Gasteiger partial charge in [0, 0.05) is 45.0 Å². The number of piperazine rings is 1. The minimum absolute atomic E-state index is 0.